The summed E-state index contributed by atoms with van der Waals surface area (Å²) in [6.07, 6.45) is 9.67. The molecule has 0 aromatic carbocycles. The van der Waals surface area contributed by atoms with E-state index in [1.54, 1.807) is 13.0 Å². The first-order valence-electron chi connectivity index (χ1n) is 21.0. The van der Waals surface area contributed by atoms with Crippen molar-refractivity contribution in [2.24, 2.45) is 47.3 Å². The number of carbonyl (C=O) groups is 4. The van der Waals surface area contributed by atoms with E-state index in [-0.39, 0.29) is 48.1 Å². The molecule has 0 bridgehead atoms. The number of hydrogen-bond donors (Lipinski definition) is 3. The number of esters is 1. The molecule has 1 amide bonds. The monoisotopic (exact) mass is 772 g/mol. The van der Waals surface area contributed by atoms with Crippen LogP contribution in [0.1, 0.15) is 133 Å². The molecule has 3 fully saturated rings. The fourth-order valence-electron chi connectivity index (χ4n) is 9.47. The van der Waals surface area contributed by atoms with Crippen molar-refractivity contribution in [3.63, 3.8) is 0 Å². The Morgan fingerprint density at radius 1 is 0.927 bits per heavy atom. The van der Waals surface area contributed by atoms with E-state index in [9.17, 15) is 34.5 Å². The molecule has 10 nitrogen and oxygen atoms in total. The third-order valence-electron chi connectivity index (χ3n) is 12.6. The van der Waals surface area contributed by atoms with Crippen LogP contribution in [0.2, 0.25) is 0 Å². The van der Waals surface area contributed by atoms with E-state index in [1.807, 2.05) is 33.8 Å². The highest BCUT2D eigenvalue weighted by Crippen LogP contribution is 2.36. The highest BCUT2D eigenvalue weighted by atomic mass is 16.6. The maximum atomic E-state index is 13.9. The number of nitrogens with zero attached hydrogens (tertiary/aromatic N) is 1. The van der Waals surface area contributed by atoms with E-state index in [2.05, 4.69) is 33.4 Å². The van der Waals surface area contributed by atoms with Crippen LogP contribution in [0, 0.1) is 47.3 Å². The molecule has 312 valence electrons. The summed E-state index contributed by atoms with van der Waals surface area (Å²) in [4.78, 5) is 53.7. The number of allylic oxidation sites excluding steroid dienone is 4. The molecule has 3 N–H and O–H groups in total. The van der Waals surface area contributed by atoms with E-state index in [4.69, 9.17) is 9.47 Å². The molecule has 2 aliphatic heterocycles. The summed E-state index contributed by atoms with van der Waals surface area (Å²) in [5.41, 5.74) is 1.84. The number of ether oxygens (including phenoxy) is 2. The minimum absolute atomic E-state index is 0.00171. The van der Waals surface area contributed by atoms with Crippen LogP contribution in [-0.2, 0) is 28.7 Å². The Labute approximate surface area is 331 Å². The fraction of sp³-hybridized carbons (Fsp3) is 0.778. The van der Waals surface area contributed by atoms with Gasteiger partial charge >= 0.3 is 5.97 Å². The van der Waals surface area contributed by atoms with Crippen LogP contribution in [0.4, 0.5) is 0 Å². The summed E-state index contributed by atoms with van der Waals surface area (Å²) in [5, 5.41) is 32.3. The maximum Gasteiger partial charge on any atom is 0.329 e. The third-order valence-corrected chi connectivity index (χ3v) is 12.6. The molecular weight excluding hydrogens is 698 g/mol. The molecular formula is C45H73NO9. The largest absolute Gasteiger partial charge is 0.456 e. The molecule has 3 aliphatic rings. The first kappa shape index (κ1) is 46.7. The Balaban J connectivity index is 1.75. The number of aliphatic hydroxyl groups is 3. The van der Waals surface area contributed by atoms with Gasteiger partial charge < -0.3 is 29.7 Å². The fourth-order valence-corrected chi connectivity index (χ4v) is 9.47. The topological polar surface area (TPSA) is 151 Å². The summed E-state index contributed by atoms with van der Waals surface area (Å²) < 4.78 is 12.2. The van der Waals surface area contributed by atoms with Gasteiger partial charge in [-0.3, -0.25) is 14.4 Å². The summed E-state index contributed by atoms with van der Waals surface area (Å²) in [6.45, 7) is 21.7. The molecule has 0 unspecified atom stereocenters. The van der Waals surface area contributed by atoms with Gasteiger partial charge in [0, 0.05) is 37.6 Å². The van der Waals surface area contributed by atoms with E-state index < -0.39 is 54.0 Å². The standard InChI is InChI=1S/C45H73NO9/c1-11-14-36(21-27(3)19-26(2)20-29(5)41-30(6)22-32(8)44(52)54-41)40(50)25-39(49)33(9)42(31(7)24-35-16-17-38(48)28(4)23-35)55-45(53)37-15-12-13-18-46(37)43(51)34(10)47/h11,21,24,26,28-30,32-33,35-39,41-42,44,48-49,52H,1,12-20,22-23,25H2,2-10H3/b27-21+,31-24+/t26-,28+,29-,30-,32+,33+,35+,36+,37-,38+,39-,41+,42+,44-/m0/s1. The van der Waals surface area contributed by atoms with E-state index >= 15 is 0 Å². The molecule has 1 aliphatic carbocycles. The van der Waals surface area contributed by atoms with Crippen LogP contribution in [0.5, 0.6) is 0 Å². The zero-order chi connectivity index (χ0) is 41.1. The molecule has 14 atom stereocenters. The summed E-state index contributed by atoms with van der Waals surface area (Å²) in [7, 11) is 0. The zero-order valence-electron chi connectivity index (χ0n) is 35.2. The molecule has 1 saturated carbocycles. The van der Waals surface area contributed by atoms with Gasteiger partial charge in [0.15, 0.2) is 6.29 Å². The van der Waals surface area contributed by atoms with Crippen molar-refractivity contribution in [3.05, 3.63) is 36.0 Å². The van der Waals surface area contributed by atoms with Gasteiger partial charge in [-0.15, -0.1) is 6.58 Å². The van der Waals surface area contributed by atoms with Crippen molar-refractivity contribution in [1.82, 2.24) is 4.90 Å². The van der Waals surface area contributed by atoms with Gasteiger partial charge in [0.05, 0.1) is 18.3 Å². The Morgan fingerprint density at radius 3 is 2.25 bits per heavy atom. The quantitative estimate of drug-likeness (QED) is 0.0751. The number of amides is 1. The van der Waals surface area contributed by atoms with Crippen LogP contribution in [0.25, 0.3) is 0 Å². The van der Waals surface area contributed by atoms with Crippen LogP contribution in [0.3, 0.4) is 0 Å². The Bertz CT molecular complexity index is 1370. The van der Waals surface area contributed by atoms with E-state index in [1.165, 1.54) is 11.8 Å². The minimum atomic E-state index is -1.13. The number of carbonyl (C=O) groups excluding carboxylic acids is 4. The average molecular weight is 772 g/mol. The van der Waals surface area contributed by atoms with Crippen LogP contribution < -0.4 is 0 Å². The molecule has 2 saturated heterocycles. The van der Waals surface area contributed by atoms with Crippen molar-refractivity contribution in [2.75, 3.05) is 6.54 Å². The van der Waals surface area contributed by atoms with Gasteiger partial charge in [-0.2, -0.15) is 0 Å². The Morgan fingerprint density at radius 2 is 1.62 bits per heavy atom. The summed E-state index contributed by atoms with van der Waals surface area (Å²) in [5.74, 6) is -1.84. The summed E-state index contributed by atoms with van der Waals surface area (Å²) >= 11 is 0. The van der Waals surface area contributed by atoms with Gasteiger partial charge in [0.25, 0.3) is 5.91 Å². The lowest BCUT2D eigenvalue weighted by Crippen LogP contribution is -2.51. The van der Waals surface area contributed by atoms with Crippen molar-refractivity contribution in [2.45, 2.75) is 170 Å². The van der Waals surface area contributed by atoms with Gasteiger partial charge in [0.2, 0.25) is 5.78 Å². The Kier molecular flexibility index (Phi) is 18.5. The molecule has 10 heteroatoms. The van der Waals surface area contributed by atoms with Crippen molar-refractivity contribution in [1.29, 1.82) is 0 Å². The van der Waals surface area contributed by atoms with Gasteiger partial charge in [-0.25, -0.2) is 4.79 Å². The highest BCUT2D eigenvalue weighted by Gasteiger charge is 2.39. The second kappa shape index (κ2) is 21.8. The lowest BCUT2D eigenvalue weighted by Gasteiger charge is -2.40. The maximum absolute atomic E-state index is 13.9. The number of ketones is 2. The number of hydrogen-bond acceptors (Lipinski definition) is 9. The number of rotatable bonds is 18. The average Bonchev–Trinajstić information content (AvgIpc) is 3.12. The van der Waals surface area contributed by atoms with Crippen molar-refractivity contribution >= 4 is 23.4 Å². The first-order chi connectivity index (χ1) is 25.8. The van der Waals surface area contributed by atoms with Crippen LogP contribution in [0.15, 0.2) is 36.0 Å². The molecule has 0 radical (unpaired) electrons. The lowest BCUT2D eigenvalue weighted by molar-refractivity contribution is -0.220. The second-order valence-electron chi connectivity index (χ2n) is 17.9. The molecule has 0 aromatic heterocycles. The minimum Gasteiger partial charge on any atom is -0.456 e. The number of aliphatic hydroxyl groups excluding tert-OH is 3. The predicted molar refractivity (Wildman–Crippen MR) is 214 cm³/mol. The van der Waals surface area contributed by atoms with Crippen molar-refractivity contribution in [3.8, 4) is 0 Å². The molecule has 2 heterocycles. The Hall–Kier alpha value is -2.66. The number of likely N-dealkylation sites (tertiary alicyclic amines) is 1. The lowest BCUT2D eigenvalue weighted by atomic mass is 9.78. The predicted octanol–water partition coefficient (Wildman–Crippen LogP) is 7.14. The number of Topliss-reactive ketones (excluding diaryl/α,β-unsaturated/α-hetero) is 2. The normalized spacial score (nSPS) is 31.4. The third kappa shape index (κ3) is 13.5. The smallest absolute Gasteiger partial charge is 0.329 e. The highest BCUT2D eigenvalue weighted by molar-refractivity contribution is 6.35. The zero-order valence-corrected chi connectivity index (χ0v) is 35.2. The molecule has 55 heavy (non-hydrogen) atoms. The van der Waals surface area contributed by atoms with Gasteiger partial charge in [-0.05, 0) is 113 Å². The first-order valence-corrected chi connectivity index (χ1v) is 21.0. The van der Waals surface area contributed by atoms with Gasteiger partial charge in [-0.1, -0.05) is 65.3 Å². The van der Waals surface area contributed by atoms with Crippen LogP contribution >= 0.6 is 0 Å². The summed E-state index contributed by atoms with van der Waals surface area (Å²) in [6, 6.07) is -0.902. The second-order valence-corrected chi connectivity index (χ2v) is 17.9. The van der Waals surface area contributed by atoms with Crippen molar-refractivity contribution < 1.29 is 44.0 Å². The van der Waals surface area contributed by atoms with E-state index in [0.717, 1.165) is 43.3 Å². The molecule has 0 aromatic rings. The van der Waals surface area contributed by atoms with Gasteiger partial charge in [0.1, 0.15) is 17.9 Å². The SMILES string of the molecule is C=CC[C@H](/C=C(\C)C[C@H](C)C[C@H](C)[C@H]1O[C@H](O)[C@H](C)C[C@@H]1C)C(=O)C[C@H](O)[C@@H](C)[C@H](OC(=O)[C@@H]1CCCCN1C(=O)C(C)=O)/C(C)=C/[C@@H]1CC[C@@H](O)[C@H](C)C1. The van der Waals surface area contributed by atoms with Crippen LogP contribution in [-0.4, -0.2) is 87.0 Å². The molecule has 0 spiro atoms. The molecule has 3 rings (SSSR count). The number of piperidine rings is 1. The van der Waals surface area contributed by atoms with E-state index in [0.29, 0.717) is 50.5 Å².